The van der Waals surface area contributed by atoms with E-state index in [0.29, 0.717) is 17.5 Å². The monoisotopic (exact) mass is 733 g/mol. The van der Waals surface area contributed by atoms with E-state index in [1.165, 1.54) is 47.1 Å². The molecule has 2 heterocycles. The predicted molar refractivity (Wildman–Crippen MR) is 233 cm³/mol. The lowest BCUT2D eigenvalue weighted by Gasteiger charge is -2.42. The second kappa shape index (κ2) is 14.4. The van der Waals surface area contributed by atoms with Crippen molar-refractivity contribution >= 4 is 33.1 Å². The lowest BCUT2D eigenvalue weighted by atomic mass is 9.39. The minimum absolute atomic E-state index is 0.180. The minimum Gasteiger partial charge on any atom is -0.208 e. The first kappa shape index (κ1) is 33.7. The summed E-state index contributed by atoms with van der Waals surface area (Å²) in [6.07, 6.45) is 0. The zero-order valence-electron chi connectivity index (χ0n) is 30.6. The first-order valence-electron chi connectivity index (χ1n) is 19.0. The fourth-order valence-electron chi connectivity index (χ4n) is 8.21. The lowest BCUT2D eigenvalue weighted by molar-refractivity contribution is 1.07. The highest BCUT2D eigenvalue weighted by atomic mass is 32.3. The molecule has 0 N–H and O–H groups in total. The highest BCUT2D eigenvalue weighted by molar-refractivity contribution is 8.34. The highest BCUT2D eigenvalue weighted by Gasteiger charge is 2.36. The summed E-state index contributed by atoms with van der Waals surface area (Å²) in [7, 11) is -2.00. The fraction of sp³-hybridized carbons (Fsp3) is 0. The van der Waals surface area contributed by atoms with Crippen LogP contribution in [0.25, 0.3) is 45.3 Å². The molecule has 0 saturated carbocycles. The van der Waals surface area contributed by atoms with Crippen LogP contribution in [0.1, 0.15) is 0 Å². The molecule has 0 amide bonds. The molecular weight excluding hydrogens is 697 g/mol. The highest BCUT2D eigenvalue weighted by Crippen LogP contribution is 2.73. The standard InChI is InChI=1S/C51H36BN3S/c1-5-18-37(19-6-1)49-53-50(38-20-7-2-8-21-38)55-51(54-49)39-22-17-27-44(36-39)56(41-23-9-3-10-24-41,42-25-11-4-12-26-42)43-34-32-40(33-35-43)52-47-30-15-13-28-45(47)46-29-14-16-31-48(46)52/h1-36H. The van der Waals surface area contributed by atoms with Crippen LogP contribution in [0.5, 0.6) is 0 Å². The van der Waals surface area contributed by atoms with Crippen molar-refractivity contribution in [1.82, 2.24) is 15.0 Å². The Morgan fingerprint density at radius 1 is 0.304 bits per heavy atom. The normalized spacial score (nSPS) is 12.2. The van der Waals surface area contributed by atoms with E-state index < -0.39 is 10.0 Å². The Morgan fingerprint density at radius 2 is 0.679 bits per heavy atom. The summed E-state index contributed by atoms with van der Waals surface area (Å²) >= 11 is 0. The van der Waals surface area contributed by atoms with Gasteiger partial charge in [0.05, 0.1) is 0 Å². The minimum atomic E-state index is -2.00. The van der Waals surface area contributed by atoms with E-state index in [9.17, 15) is 0 Å². The van der Waals surface area contributed by atoms with Crippen molar-refractivity contribution in [3.63, 3.8) is 0 Å². The maximum Gasteiger partial charge on any atom is 0.242 e. The van der Waals surface area contributed by atoms with E-state index in [0.717, 1.165) is 16.7 Å². The molecule has 0 radical (unpaired) electrons. The Hall–Kier alpha value is -6.82. The molecule has 10 rings (SSSR count). The number of hydrogen-bond donors (Lipinski definition) is 0. The van der Waals surface area contributed by atoms with Gasteiger partial charge >= 0.3 is 0 Å². The average Bonchev–Trinajstić information content (AvgIpc) is 3.63. The van der Waals surface area contributed by atoms with Gasteiger partial charge in [0.1, 0.15) is 0 Å². The van der Waals surface area contributed by atoms with E-state index in [1.54, 1.807) is 0 Å². The number of rotatable bonds is 8. The summed E-state index contributed by atoms with van der Waals surface area (Å²) < 4.78 is 0. The molecule has 9 aromatic rings. The molecule has 3 nitrogen and oxygen atoms in total. The van der Waals surface area contributed by atoms with Crippen LogP contribution in [0.15, 0.2) is 238 Å². The molecule has 0 unspecified atom stereocenters. The van der Waals surface area contributed by atoms with Crippen molar-refractivity contribution in [3.8, 4) is 45.3 Å². The third kappa shape index (κ3) is 5.85. The number of benzene rings is 8. The van der Waals surface area contributed by atoms with Gasteiger partial charge in [-0.15, -0.1) is 10.0 Å². The average molecular weight is 734 g/mol. The molecule has 56 heavy (non-hydrogen) atoms. The van der Waals surface area contributed by atoms with Gasteiger partial charge in [-0.25, -0.2) is 15.0 Å². The largest absolute Gasteiger partial charge is 0.242 e. The van der Waals surface area contributed by atoms with E-state index in [2.05, 4.69) is 182 Å². The van der Waals surface area contributed by atoms with Crippen molar-refractivity contribution < 1.29 is 0 Å². The van der Waals surface area contributed by atoms with Crippen LogP contribution in [-0.4, -0.2) is 21.7 Å². The van der Waals surface area contributed by atoms with Crippen molar-refractivity contribution in [2.45, 2.75) is 19.6 Å². The van der Waals surface area contributed by atoms with Gasteiger partial charge in [0.25, 0.3) is 0 Å². The molecule has 0 atom stereocenters. The summed E-state index contributed by atoms with van der Waals surface area (Å²) in [6, 6.07) is 78.4. The molecule has 0 fully saturated rings. The van der Waals surface area contributed by atoms with E-state index in [1.807, 2.05) is 36.4 Å². The van der Waals surface area contributed by atoms with Crippen LogP contribution >= 0.6 is 10.0 Å². The second-order valence-electron chi connectivity index (χ2n) is 14.0. The number of aromatic nitrogens is 3. The van der Waals surface area contributed by atoms with Gasteiger partial charge in [-0.05, 0) is 59.7 Å². The van der Waals surface area contributed by atoms with Crippen LogP contribution in [-0.2, 0) is 0 Å². The summed E-state index contributed by atoms with van der Waals surface area (Å²) in [6.45, 7) is 0.180. The smallest absolute Gasteiger partial charge is 0.208 e. The van der Waals surface area contributed by atoms with Crippen LogP contribution in [0.3, 0.4) is 0 Å². The third-order valence-corrected chi connectivity index (χ3v) is 14.6. The zero-order chi connectivity index (χ0) is 37.3. The van der Waals surface area contributed by atoms with Gasteiger partial charge in [0, 0.05) is 36.3 Å². The zero-order valence-corrected chi connectivity index (χ0v) is 31.4. The number of hydrogen-bond acceptors (Lipinski definition) is 3. The van der Waals surface area contributed by atoms with E-state index in [4.69, 9.17) is 15.0 Å². The third-order valence-electron chi connectivity index (χ3n) is 10.7. The van der Waals surface area contributed by atoms with Crippen molar-refractivity contribution in [2.24, 2.45) is 0 Å². The van der Waals surface area contributed by atoms with Gasteiger partial charge in [-0.2, -0.15) is 0 Å². The Balaban J connectivity index is 1.17. The molecule has 0 saturated heterocycles. The molecule has 1 aromatic heterocycles. The summed E-state index contributed by atoms with van der Waals surface area (Å²) in [5, 5.41) is 0. The topological polar surface area (TPSA) is 38.7 Å². The van der Waals surface area contributed by atoms with Crippen LogP contribution in [0.4, 0.5) is 0 Å². The van der Waals surface area contributed by atoms with Gasteiger partial charge < -0.3 is 0 Å². The Labute approximate surface area is 329 Å². The second-order valence-corrected chi connectivity index (χ2v) is 17.1. The lowest BCUT2D eigenvalue weighted by Crippen LogP contribution is -2.48. The molecule has 1 aliphatic rings. The Morgan fingerprint density at radius 3 is 1.18 bits per heavy atom. The van der Waals surface area contributed by atoms with Gasteiger partial charge in [-0.1, -0.05) is 186 Å². The van der Waals surface area contributed by atoms with Gasteiger partial charge in [0.2, 0.25) is 6.71 Å². The Kier molecular flexibility index (Phi) is 8.70. The predicted octanol–water partition coefficient (Wildman–Crippen LogP) is 10.7. The summed E-state index contributed by atoms with van der Waals surface area (Å²) in [5.41, 5.74) is 9.51. The van der Waals surface area contributed by atoms with Crippen molar-refractivity contribution in [2.75, 3.05) is 0 Å². The van der Waals surface area contributed by atoms with Gasteiger partial charge in [0.15, 0.2) is 17.5 Å². The van der Waals surface area contributed by atoms with Gasteiger partial charge in [-0.3, -0.25) is 0 Å². The number of nitrogens with zero attached hydrogens (tertiary/aromatic N) is 3. The van der Waals surface area contributed by atoms with E-state index in [-0.39, 0.29) is 6.71 Å². The van der Waals surface area contributed by atoms with Crippen LogP contribution in [0.2, 0.25) is 0 Å². The fourth-order valence-corrected chi connectivity index (χ4v) is 12.1. The molecule has 0 aliphatic carbocycles. The molecule has 1 aliphatic heterocycles. The maximum atomic E-state index is 5.12. The molecular formula is C51H36BN3S. The van der Waals surface area contributed by atoms with Crippen molar-refractivity contribution in [1.29, 1.82) is 0 Å². The molecule has 0 bridgehead atoms. The molecule has 8 aromatic carbocycles. The first-order valence-corrected chi connectivity index (χ1v) is 20.6. The maximum absolute atomic E-state index is 5.12. The van der Waals surface area contributed by atoms with Crippen molar-refractivity contribution in [3.05, 3.63) is 218 Å². The van der Waals surface area contributed by atoms with E-state index >= 15 is 0 Å². The molecule has 264 valence electrons. The molecule has 5 heteroatoms. The SMILES string of the molecule is c1ccc(-c2nc(-c3ccccc3)nc(-c3cccc(S(c4ccccc4)(c4ccccc4)c4ccc(B5c6ccccc6-c6ccccc65)cc4)c3)n2)cc1. The Bertz CT molecular complexity index is 2650. The number of fused-ring (bicyclic) bond motifs is 3. The quantitative estimate of drug-likeness (QED) is 0.146. The van der Waals surface area contributed by atoms with Crippen LogP contribution in [0, 0.1) is 0 Å². The summed E-state index contributed by atoms with van der Waals surface area (Å²) in [5.74, 6) is 1.94. The van der Waals surface area contributed by atoms with Crippen LogP contribution < -0.4 is 16.4 Å². The summed E-state index contributed by atoms with van der Waals surface area (Å²) in [4.78, 5) is 20.2. The molecule has 0 spiro atoms. The first-order chi connectivity index (χ1) is 27.8.